The minimum atomic E-state index is -1.29. The molecule has 8 nitrogen and oxygen atoms in total. The number of azide groups is 1. The molecule has 1 rings (SSSR count). The molecule has 0 aliphatic heterocycles. The summed E-state index contributed by atoms with van der Waals surface area (Å²) in [4.78, 5) is 23.9. The average Bonchev–Trinajstić information content (AvgIpc) is 2.89. The van der Waals surface area contributed by atoms with Crippen LogP contribution in [0.1, 0.15) is 6.42 Å². The van der Waals surface area contributed by atoms with Gasteiger partial charge in [-0.15, -0.1) is 0 Å². The molecule has 0 heterocycles. The molecule has 4 N–H and O–H groups in total. The van der Waals surface area contributed by atoms with Crippen molar-refractivity contribution in [1.82, 2.24) is 0 Å². The summed E-state index contributed by atoms with van der Waals surface area (Å²) in [5, 5.41) is 20.7. The fourth-order valence-electron chi connectivity index (χ4n) is 1.63. The molecular weight excluding hydrogens is 204 g/mol. The number of hydrogen-bond acceptors (Lipinski definition) is 4. The number of aliphatic carboxylic acids is 2. The van der Waals surface area contributed by atoms with Gasteiger partial charge in [0.15, 0.2) is 0 Å². The van der Waals surface area contributed by atoms with E-state index in [4.69, 9.17) is 21.5 Å². The minimum Gasteiger partial charge on any atom is -0.481 e. The smallest absolute Gasteiger partial charge is 0.320 e. The molecule has 1 fully saturated rings. The van der Waals surface area contributed by atoms with Crippen molar-refractivity contribution in [2.45, 2.75) is 12.5 Å². The number of nitrogens with two attached hydrogens (primary N) is 1. The molecule has 0 bridgehead atoms. The standard InChI is InChI=1S/C7H10N4O4/c8-4(5(12)13)3-1-7(3,6(14)15)2-10-11-9/h3-4H,1-2,8H2,(H,12,13)(H,14,15)/t3-,4-,7+/m0/s1. The third kappa shape index (κ3) is 1.85. The van der Waals surface area contributed by atoms with Gasteiger partial charge >= 0.3 is 11.9 Å². The first-order chi connectivity index (χ1) is 6.95. The van der Waals surface area contributed by atoms with Crippen LogP contribution in [-0.2, 0) is 9.59 Å². The lowest BCUT2D eigenvalue weighted by Crippen LogP contribution is -2.37. The van der Waals surface area contributed by atoms with E-state index in [2.05, 4.69) is 10.0 Å². The van der Waals surface area contributed by atoms with E-state index in [1.54, 1.807) is 0 Å². The zero-order valence-corrected chi connectivity index (χ0v) is 7.70. The van der Waals surface area contributed by atoms with Gasteiger partial charge in [-0.25, -0.2) is 0 Å². The fourth-order valence-corrected chi connectivity index (χ4v) is 1.63. The Morgan fingerprint density at radius 1 is 1.67 bits per heavy atom. The van der Waals surface area contributed by atoms with Gasteiger partial charge < -0.3 is 15.9 Å². The maximum Gasteiger partial charge on any atom is 0.320 e. The Morgan fingerprint density at radius 2 is 2.27 bits per heavy atom. The van der Waals surface area contributed by atoms with Crippen molar-refractivity contribution in [3.05, 3.63) is 10.4 Å². The van der Waals surface area contributed by atoms with Gasteiger partial charge in [-0.2, -0.15) is 0 Å². The predicted molar refractivity (Wildman–Crippen MR) is 47.8 cm³/mol. The molecule has 15 heavy (non-hydrogen) atoms. The molecule has 0 saturated heterocycles. The van der Waals surface area contributed by atoms with Gasteiger partial charge in [0.05, 0.1) is 5.41 Å². The topological polar surface area (TPSA) is 149 Å². The quantitative estimate of drug-likeness (QED) is 0.329. The molecule has 0 aromatic rings. The molecule has 0 amide bonds. The molecule has 1 saturated carbocycles. The highest BCUT2D eigenvalue weighted by atomic mass is 16.4. The lowest BCUT2D eigenvalue weighted by atomic mass is 10.0. The Morgan fingerprint density at radius 3 is 2.67 bits per heavy atom. The number of nitrogens with zero attached hydrogens (tertiary/aromatic N) is 3. The Labute approximate surface area is 84.3 Å². The number of carboxylic acid groups (broad SMARTS) is 2. The zero-order valence-electron chi connectivity index (χ0n) is 7.70. The van der Waals surface area contributed by atoms with Gasteiger partial charge in [-0.05, 0) is 12.0 Å². The highest BCUT2D eigenvalue weighted by molar-refractivity contribution is 5.83. The van der Waals surface area contributed by atoms with E-state index in [1.165, 1.54) is 0 Å². The molecule has 3 atom stereocenters. The average molecular weight is 214 g/mol. The first kappa shape index (κ1) is 11.3. The van der Waals surface area contributed by atoms with Crippen LogP contribution in [0, 0.1) is 11.3 Å². The molecule has 0 radical (unpaired) electrons. The Hall–Kier alpha value is -1.79. The molecule has 8 heteroatoms. The number of hydrogen-bond donors (Lipinski definition) is 3. The van der Waals surface area contributed by atoms with Crippen LogP contribution in [0.25, 0.3) is 10.4 Å². The first-order valence-electron chi connectivity index (χ1n) is 4.18. The molecule has 82 valence electrons. The summed E-state index contributed by atoms with van der Waals surface area (Å²) in [5.41, 5.74) is 12.1. The van der Waals surface area contributed by atoms with Crippen molar-refractivity contribution in [3.63, 3.8) is 0 Å². The van der Waals surface area contributed by atoms with Gasteiger partial charge in [0.1, 0.15) is 6.04 Å². The van der Waals surface area contributed by atoms with Gasteiger partial charge in [-0.1, -0.05) is 5.11 Å². The maximum absolute atomic E-state index is 10.9. The maximum atomic E-state index is 10.9. The molecule has 0 aromatic heterocycles. The SMILES string of the molecule is [N-]=[N+]=NC[C@]1(C(=O)O)C[C@H]1[C@H](N)C(=O)O. The third-order valence-electron chi connectivity index (χ3n) is 2.69. The van der Waals surface area contributed by atoms with Crippen LogP contribution >= 0.6 is 0 Å². The second-order valence-corrected chi connectivity index (χ2v) is 3.52. The lowest BCUT2D eigenvalue weighted by Gasteiger charge is -2.11. The Kier molecular flexibility index (Phi) is 2.83. The van der Waals surface area contributed by atoms with Crippen molar-refractivity contribution in [2.75, 3.05) is 6.54 Å². The van der Waals surface area contributed by atoms with Crippen LogP contribution in [0.4, 0.5) is 0 Å². The Bertz CT molecular complexity index is 351. The number of carboxylic acids is 2. The lowest BCUT2D eigenvalue weighted by molar-refractivity contribution is -0.144. The molecule has 0 aromatic carbocycles. The largest absolute Gasteiger partial charge is 0.481 e. The van der Waals surface area contributed by atoms with Crippen LogP contribution in [0.5, 0.6) is 0 Å². The molecule has 0 unspecified atom stereocenters. The second kappa shape index (κ2) is 3.76. The molecular formula is C7H10N4O4. The van der Waals surface area contributed by atoms with E-state index in [9.17, 15) is 9.59 Å². The normalized spacial score (nSPS) is 30.1. The van der Waals surface area contributed by atoms with E-state index in [0.29, 0.717) is 0 Å². The summed E-state index contributed by atoms with van der Waals surface area (Å²) in [6.45, 7) is -0.259. The van der Waals surface area contributed by atoms with E-state index in [1.807, 2.05) is 0 Å². The highest BCUT2D eigenvalue weighted by Gasteiger charge is 2.63. The number of carbonyl (C=O) groups is 2. The number of rotatable bonds is 5. The van der Waals surface area contributed by atoms with Gasteiger partial charge in [-0.3, -0.25) is 9.59 Å². The second-order valence-electron chi connectivity index (χ2n) is 3.52. The van der Waals surface area contributed by atoms with E-state index >= 15 is 0 Å². The predicted octanol–water partition coefficient (Wildman–Crippen LogP) is -0.200. The molecule has 1 aliphatic carbocycles. The third-order valence-corrected chi connectivity index (χ3v) is 2.69. The van der Waals surface area contributed by atoms with Crippen molar-refractivity contribution >= 4 is 11.9 Å². The van der Waals surface area contributed by atoms with Crippen LogP contribution in [-0.4, -0.2) is 34.7 Å². The summed E-state index contributed by atoms with van der Waals surface area (Å²) >= 11 is 0. The Balaban J connectivity index is 2.78. The highest BCUT2D eigenvalue weighted by Crippen LogP contribution is 2.54. The summed E-state index contributed by atoms with van der Waals surface area (Å²) < 4.78 is 0. The summed E-state index contributed by atoms with van der Waals surface area (Å²) in [6, 6.07) is -1.23. The molecule has 1 aliphatic rings. The van der Waals surface area contributed by atoms with Crippen molar-refractivity contribution in [1.29, 1.82) is 0 Å². The van der Waals surface area contributed by atoms with Gasteiger partial charge in [0.25, 0.3) is 0 Å². The summed E-state index contributed by atoms with van der Waals surface area (Å²) in [6.07, 6.45) is 0.134. The summed E-state index contributed by atoms with van der Waals surface area (Å²) in [7, 11) is 0. The fraction of sp³-hybridized carbons (Fsp3) is 0.714. The van der Waals surface area contributed by atoms with Gasteiger partial charge in [0.2, 0.25) is 0 Å². The van der Waals surface area contributed by atoms with Crippen LogP contribution < -0.4 is 5.73 Å². The molecule has 0 spiro atoms. The first-order valence-corrected chi connectivity index (χ1v) is 4.18. The van der Waals surface area contributed by atoms with Crippen LogP contribution in [0.15, 0.2) is 5.11 Å². The van der Waals surface area contributed by atoms with Crippen LogP contribution in [0.3, 0.4) is 0 Å². The van der Waals surface area contributed by atoms with Crippen molar-refractivity contribution in [3.8, 4) is 0 Å². The monoisotopic (exact) mass is 214 g/mol. The van der Waals surface area contributed by atoms with E-state index in [-0.39, 0.29) is 13.0 Å². The van der Waals surface area contributed by atoms with E-state index in [0.717, 1.165) is 0 Å². The zero-order chi connectivity index (χ0) is 11.6. The van der Waals surface area contributed by atoms with Crippen molar-refractivity contribution < 1.29 is 19.8 Å². The van der Waals surface area contributed by atoms with Crippen molar-refractivity contribution in [2.24, 2.45) is 22.2 Å². The van der Waals surface area contributed by atoms with Crippen LogP contribution in [0.2, 0.25) is 0 Å². The van der Waals surface area contributed by atoms with E-state index < -0.39 is 29.3 Å². The summed E-state index contributed by atoms with van der Waals surface area (Å²) in [5.74, 6) is -3.08. The van der Waals surface area contributed by atoms with Gasteiger partial charge in [0, 0.05) is 17.4 Å². The minimum absolute atomic E-state index is 0.134.